The van der Waals surface area contributed by atoms with E-state index in [1.807, 2.05) is 55.7 Å². The Morgan fingerprint density at radius 1 is 1.12 bits per heavy atom. The Hall–Kier alpha value is -2.82. The van der Waals surface area contributed by atoms with Gasteiger partial charge in [0.2, 0.25) is 5.91 Å². The second-order valence-corrected chi connectivity index (χ2v) is 5.61. The molecule has 0 bridgehead atoms. The van der Waals surface area contributed by atoms with Crippen LogP contribution in [0.2, 0.25) is 0 Å². The van der Waals surface area contributed by atoms with Crippen molar-refractivity contribution in [2.45, 2.75) is 34.2 Å². The van der Waals surface area contributed by atoms with Crippen LogP contribution < -0.4 is 5.32 Å². The molecule has 1 amide bonds. The standard InChI is InChI=1S/C20H24N2O3/c1-5-22-14(3)17(19(15(22)4)20(24)25-6-2)12-13-18(23)21-16-10-8-7-9-11-16/h7-13H,5-6H2,1-4H3,(H,21,23)/b13-12+. The number of carbonyl (C=O) groups excluding carboxylic acids is 2. The van der Waals surface area contributed by atoms with Crippen LogP contribution in [0.5, 0.6) is 0 Å². The number of nitrogens with zero attached hydrogens (tertiary/aromatic N) is 1. The molecule has 0 spiro atoms. The van der Waals surface area contributed by atoms with Gasteiger partial charge in [-0.1, -0.05) is 18.2 Å². The second kappa shape index (κ2) is 8.33. The fourth-order valence-corrected chi connectivity index (χ4v) is 2.91. The maximum atomic E-state index is 12.3. The van der Waals surface area contributed by atoms with Gasteiger partial charge in [0.15, 0.2) is 0 Å². The molecule has 0 saturated carbocycles. The third-order valence-corrected chi connectivity index (χ3v) is 4.07. The summed E-state index contributed by atoms with van der Waals surface area (Å²) in [6.45, 7) is 8.68. The van der Waals surface area contributed by atoms with Gasteiger partial charge in [0.05, 0.1) is 12.2 Å². The van der Waals surface area contributed by atoms with Gasteiger partial charge in [0.25, 0.3) is 0 Å². The molecule has 0 aliphatic rings. The number of benzene rings is 1. The lowest BCUT2D eigenvalue weighted by molar-refractivity contribution is -0.111. The van der Waals surface area contributed by atoms with Crippen LogP contribution in [0.15, 0.2) is 36.4 Å². The van der Waals surface area contributed by atoms with E-state index in [0.717, 1.165) is 29.2 Å². The van der Waals surface area contributed by atoms with Gasteiger partial charge in [-0.05, 0) is 45.9 Å². The SMILES string of the molecule is CCOC(=O)c1c(/C=C/C(=O)Nc2ccccc2)c(C)n(CC)c1C. The molecule has 0 aliphatic carbocycles. The normalized spacial score (nSPS) is 10.9. The zero-order valence-electron chi connectivity index (χ0n) is 15.1. The molecule has 0 radical (unpaired) electrons. The monoisotopic (exact) mass is 340 g/mol. The lowest BCUT2D eigenvalue weighted by atomic mass is 10.1. The molecule has 2 rings (SSSR count). The largest absolute Gasteiger partial charge is 0.462 e. The molecular weight excluding hydrogens is 316 g/mol. The molecular formula is C20H24N2O3. The Morgan fingerprint density at radius 3 is 2.40 bits per heavy atom. The molecule has 0 fully saturated rings. The van der Waals surface area contributed by atoms with Crippen LogP contribution in [0.4, 0.5) is 5.69 Å². The van der Waals surface area contributed by atoms with Crippen molar-refractivity contribution in [3.8, 4) is 0 Å². The van der Waals surface area contributed by atoms with Crippen LogP contribution in [0.1, 0.15) is 41.2 Å². The minimum absolute atomic E-state index is 0.248. The van der Waals surface area contributed by atoms with E-state index in [9.17, 15) is 9.59 Å². The van der Waals surface area contributed by atoms with Crippen molar-refractivity contribution in [2.75, 3.05) is 11.9 Å². The van der Waals surface area contributed by atoms with Crippen molar-refractivity contribution < 1.29 is 14.3 Å². The number of ether oxygens (including phenoxy) is 1. The molecule has 0 saturated heterocycles. The number of rotatable bonds is 6. The number of carbonyl (C=O) groups is 2. The fraction of sp³-hybridized carbons (Fsp3) is 0.300. The van der Waals surface area contributed by atoms with Crippen molar-refractivity contribution in [1.29, 1.82) is 0 Å². The van der Waals surface area contributed by atoms with Gasteiger partial charge in [0.1, 0.15) is 0 Å². The highest BCUT2D eigenvalue weighted by Gasteiger charge is 2.22. The maximum Gasteiger partial charge on any atom is 0.340 e. The Bertz CT molecular complexity index is 789. The average molecular weight is 340 g/mol. The van der Waals surface area contributed by atoms with Crippen LogP contribution in [-0.2, 0) is 16.1 Å². The molecule has 1 aromatic heterocycles. The van der Waals surface area contributed by atoms with Gasteiger partial charge in [-0.25, -0.2) is 4.79 Å². The molecule has 0 aliphatic heterocycles. The van der Waals surface area contributed by atoms with Crippen LogP contribution in [-0.4, -0.2) is 23.1 Å². The van der Waals surface area contributed by atoms with E-state index in [0.29, 0.717) is 12.2 Å². The number of amides is 1. The predicted molar refractivity (Wildman–Crippen MR) is 99.6 cm³/mol. The van der Waals surface area contributed by atoms with Crippen LogP contribution >= 0.6 is 0 Å². The summed E-state index contributed by atoms with van der Waals surface area (Å²) < 4.78 is 7.22. The first-order valence-corrected chi connectivity index (χ1v) is 8.40. The zero-order chi connectivity index (χ0) is 18.4. The predicted octanol–water partition coefficient (Wildman–Crippen LogP) is 3.95. The molecule has 2 aromatic rings. The Morgan fingerprint density at radius 2 is 1.80 bits per heavy atom. The van der Waals surface area contributed by atoms with E-state index in [-0.39, 0.29) is 11.9 Å². The summed E-state index contributed by atoms with van der Waals surface area (Å²) in [6.07, 6.45) is 3.12. The third kappa shape index (κ3) is 4.18. The van der Waals surface area contributed by atoms with Gasteiger partial charge in [-0.15, -0.1) is 0 Å². The molecule has 1 aromatic carbocycles. The minimum atomic E-state index is -0.363. The summed E-state index contributed by atoms with van der Waals surface area (Å²) in [5.41, 5.74) is 3.75. The third-order valence-electron chi connectivity index (χ3n) is 4.07. The smallest absolute Gasteiger partial charge is 0.340 e. The molecule has 5 nitrogen and oxygen atoms in total. The van der Waals surface area contributed by atoms with Crippen molar-refractivity contribution in [3.05, 3.63) is 58.9 Å². The van der Waals surface area contributed by atoms with Crippen molar-refractivity contribution >= 4 is 23.6 Å². The molecule has 1 N–H and O–H groups in total. The van der Waals surface area contributed by atoms with Gasteiger partial charge >= 0.3 is 5.97 Å². The summed E-state index contributed by atoms with van der Waals surface area (Å²) in [7, 11) is 0. The molecule has 0 atom stereocenters. The van der Waals surface area contributed by atoms with Gasteiger partial charge in [0, 0.05) is 35.3 Å². The highest BCUT2D eigenvalue weighted by atomic mass is 16.5. The first-order chi connectivity index (χ1) is 12.0. The molecule has 25 heavy (non-hydrogen) atoms. The first kappa shape index (κ1) is 18.5. The lowest BCUT2D eigenvalue weighted by Gasteiger charge is -2.05. The number of hydrogen-bond donors (Lipinski definition) is 1. The van der Waals surface area contributed by atoms with Crippen molar-refractivity contribution in [3.63, 3.8) is 0 Å². The Balaban J connectivity index is 2.31. The summed E-state index contributed by atoms with van der Waals surface area (Å²) in [4.78, 5) is 24.5. The Kier molecular flexibility index (Phi) is 6.17. The number of nitrogens with one attached hydrogen (secondary N) is 1. The fourth-order valence-electron chi connectivity index (χ4n) is 2.91. The quantitative estimate of drug-likeness (QED) is 0.640. The first-order valence-electron chi connectivity index (χ1n) is 8.40. The van der Waals surface area contributed by atoms with E-state index in [2.05, 4.69) is 5.32 Å². The number of anilines is 1. The molecule has 5 heteroatoms. The summed E-state index contributed by atoms with van der Waals surface area (Å²) in [6, 6.07) is 9.23. The lowest BCUT2D eigenvalue weighted by Crippen LogP contribution is -2.09. The Labute approximate surface area is 148 Å². The van der Waals surface area contributed by atoms with E-state index in [1.54, 1.807) is 13.0 Å². The van der Waals surface area contributed by atoms with Gasteiger partial charge in [-0.3, -0.25) is 4.79 Å². The average Bonchev–Trinajstić information content (AvgIpc) is 2.83. The number of aromatic nitrogens is 1. The summed E-state index contributed by atoms with van der Waals surface area (Å²) in [5.74, 6) is -0.610. The van der Waals surface area contributed by atoms with E-state index >= 15 is 0 Å². The van der Waals surface area contributed by atoms with E-state index in [4.69, 9.17) is 4.74 Å². The molecule has 0 unspecified atom stereocenters. The zero-order valence-corrected chi connectivity index (χ0v) is 15.1. The van der Waals surface area contributed by atoms with Crippen molar-refractivity contribution in [1.82, 2.24) is 4.57 Å². The molecule has 132 valence electrons. The van der Waals surface area contributed by atoms with Crippen molar-refractivity contribution in [2.24, 2.45) is 0 Å². The van der Waals surface area contributed by atoms with E-state index < -0.39 is 0 Å². The van der Waals surface area contributed by atoms with Crippen LogP contribution in [0.25, 0.3) is 6.08 Å². The maximum absolute atomic E-state index is 12.3. The number of para-hydroxylation sites is 1. The summed E-state index contributed by atoms with van der Waals surface area (Å²) in [5, 5.41) is 2.79. The van der Waals surface area contributed by atoms with Crippen LogP contribution in [0.3, 0.4) is 0 Å². The topological polar surface area (TPSA) is 60.3 Å². The minimum Gasteiger partial charge on any atom is -0.462 e. The number of hydrogen-bond acceptors (Lipinski definition) is 3. The number of esters is 1. The highest BCUT2D eigenvalue weighted by Crippen LogP contribution is 2.25. The van der Waals surface area contributed by atoms with Gasteiger partial charge in [-0.2, -0.15) is 0 Å². The second-order valence-electron chi connectivity index (χ2n) is 5.61. The van der Waals surface area contributed by atoms with Gasteiger partial charge < -0.3 is 14.6 Å². The molecule has 1 heterocycles. The highest BCUT2D eigenvalue weighted by molar-refractivity contribution is 6.03. The van der Waals surface area contributed by atoms with E-state index in [1.165, 1.54) is 6.08 Å². The summed E-state index contributed by atoms with van der Waals surface area (Å²) >= 11 is 0. The van der Waals surface area contributed by atoms with Crippen LogP contribution in [0, 0.1) is 13.8 Å².